The lowest BCUT2D eigenvalue weighted by atomic mass is 10.1. The maximum atomic E-state index is 11.7. The summed E-state index contributed by atoms with van der Waals surface area (Å²) in [6.45, 7) is 3.17. The van der Waals surface area contributed by atoms with E-state index in [1.807, 2.05) is 0 Å². The first kappa shape index (κ1) is 25.0. The van der Waals surface area contributed by atoms with Crippen LogP contribution in [0.3, 0.4) is 0 Å². The Bertz CT molecular complexity index is 552. The molecule has 0 aliphatic heterocycles. The number of pyridine rings is 1. The first-order valence-electron chi connectivity index (χ1n) is 7.57. The minimum absolute atomic E-state index is 0. The summed E-state index contributed by atoms with van der Waals surface area (Å²) in [5.74, 6) is -0.320. The molecule has 0 aliphatic carbocycles. The number of hydrogen-bond acceptors (Lipinski definition) is 5. The third kappa shape index (κ3) is 8.54. The highest BCUT2D eigenvalue weighted by Crippen LogP contribution is 2.09. The number of amides is 1. The van der Waals surface area contributed by atoms with Gasteiger partial charge in [-0.25, -0.2) is 0 Å². The minimum atomic E-state index is -0.408. The van der Waals surface area contributed by atoms with Crippen LogP contribution in [0.1, 0.15) is 31.4 Å². The number of nitrogens with two attached hydrogens (primary N) is 2. The summed E-state index contributed by atoms with van der Waals surface area (Å²) in [7, 11) is 0. The smallest absolute Gasteiger partial charge is 0.223 e. The van der Waals surface area contributed by atoms with Gasteiger partial charge in [0.15, 0.2) is 5.75 Å². The number of unbranched alkanes of at least 4 members (excludes halogenated alkanes) is 1. The molecule has 1 aromatic heterocycles. The maximum absolute atomic E-state index is 11.7. The van der Waals surface area contributed by atoms with Gasteiger partial charge in [-0.05, 0) is 19.8 Å². The quantitative estimate of drug-likeness (QED) is 0.467. The van der Waals surface area contributed by atoms with Crippen molar-refractivity contribution in [2.45, 2.75) is 45.2 Å². The summed E-state index contributed by atoms with van der Waals surface area (Å²) < 4.78 is 1.69. The number of aromatic hydroxyl groups is 1. The van der Waals surface area contributed by atoms with E-state index in [1.165, 1.54) is 6.07 Å². The van der Waals surface area contributed by atoms with E-state index >= 15 is 0 Å². The molecule has 24 heavy (non-hydrogen) atoms. The zero-order chi connectivity index (χ0) is 16.5. The third-order valence-electron chi connectivity index (χ3n) is 3.62. The molecule has 0 aliphatic rings. The number of halogens is 2. The highest BCUT2D eigenvalue weighted by Gasteiger charge is 2.07. The van der Waals surface area contributed by atoms with Crippen LogP contribution in [0.25, 0.3) is 0 Å². The molecule has 0 radical (unpaired) electrons. The average molecular weight is 383 g/mol. The van der Waals surface area contributed by atoms with Crippen LogP contribution in [0.2, 0.25) is 0 Å². The number of aromatic nitrogens is 1. The van der Waals surface area contributed by atoms with Gasteiger partial charge in [-0.3, -0.25) is 9.59 Å². The maximum Gasteiger partial charge on any atom is 0.223 e. The van der Waals surface area contributed by atoms with Gasteiger partial charge in [0, 0.05) is 44.4 Å². The molecule has 1 atom stereocenters. The molecule has 0 spiro atoms. The lowest BCUT2D eigenvalue weighted by Gasteiger charge is -2.12. The van der Waals surface area contributed by atoms with E-state index < -0.39 is 5.43 Å². The normalized spacial score (nSPS) is 11.1. The second-order valence-corrected chi connectivity index (χ2v) is 5.40. The minimum Gasteiger partial charge on any atom is -0.503 e. The molecule has 0 saturated heterocycles. The van der Waals surface area contributed by atoms with Crippen LogP contribution in [0.4, 0.5) is 0 Å². The van der Waals surface area contributed by atoms with E-state index in [2.05, 4.69) is 5.32 Å². The van der Waals surface area contributed by atoms with Gasteiger partial charge >= 0.3 is 0 Å². The van der Waals surface area contributed by atoms with Crippen molar-refractivity contribution in [1.29, 1.82) is 0 Å². The fraction of sp³-hybridized carbons (Fsp3) is 0.600. The topological polar surface area (TPSA) is 123 Å². The lowest BCUT2D eigenvalue weighted by molar-refractivity contribution is -0.121. The van der Waals surface area contributed by atoms with Crippen LogP contribution in [-0.4, -0.2) is 34.7 Å². The average Bonchev–Trinajstić information content (AvgIpc) is 2.51. The van der Waals surface area contributed by atoms with E-state index in [4.69, 9.17) is 11.5 Å². The van der Waals surface area contributed by atoms with Crippen molar-refractivity contribution < 1.29 is 9.90 Å². The summed E-state index contributed by atoms with van der Waals surface area (Å²) in [6, 6.07) is 1.33. The van der Waals surface area contributed by atoms with E-state index in [0.717, 1.165) is 19.3 Å². The third-order valence-corrected chi connectivity index (χ3v) is 3.62. The molecule has 1 heterocycles. The van der Waals surface area contributed by atoms with Crippen molar-refractivity contribution in [2.24, 2.45) is 11.5 Å². The number of aryl methyl sites for hydroxylation is 1. The van der Waals surface area contributed by atoms with Crippen LogP contribution in [0, 0.1) is 6.92 Å². The summed E-state index contributed by atoms with van der Waals surface area (Å²) in [5, 5.41) is 12.4. The molecule has 1 aromatic rings. The summed E-state index contributed by atoms with van der Waals surface area (Å²) in [6.07, 6.45) is 4.55. The monoisotopic (exact) mass is 382 g/mol. The van der Waals surface area contributed by atoms with Crippen LogP contribution in [0.5, 0.6) is 5.75 Å². The summed E-state index contributed by atoms with van der Waals surface area (Å²) in [4.78, 5) is 23.0. The van der Waals surface area contributed by atoms with E-state index in [1.54, 1.807) is 17.7 Å². The zero-order valence-corrected chi connectivity index (χ0v) is 15.5. The first-order valence-corrected chi connectivity index (χ1v) is 7.57. The Hall–Kier alpha value is -1.28. The van der Waals surface area contributed by atoms with E-state index in [-0.39, 0.29) is 42.5 Å². The molecule has 1 amide bonds. The van der Waals surface area contributed by atoms with Crippen molar-refractivity contribution in [3.05, 3.63) is 28.2 Å². The van der Waals surface area contributed by atoms with Crippen molar-refractivity contribution in [2.75, 3.05) is 13.1 Å². The molecule has 7 nitrogen and oxygen atoms in total. The molecular weight excluding hydrogens is 355 g/mol. The van der Waals surface area contributed by atoms with Crippen molar-refractivity contribution in [3.8, 4) is 5.75 Å². The van der Waals surface area contributed by atoms with Crippen LogP contribution in [0.15, 0.2) is 17.1 Å². The standard InChI is InChI=1S/C15H26N4O3.2ClH/c1-11-15(22)13(20)5-8-19(11)9-6-14(21)18-7-3-2-4-12(17)10-16;;/h5,8,12,22H,2-4,6-7,9-10,16-17H2,1H3,(H,18,21);2*1H. The number of rotatable bonds is 9. The largest absolute Gasteiger partial charge is 0.503 e. The molecule has 6 N–H and O–H groups in total. The Labute approximate surface area is 154 Å². The Kier molecular flexibility index (Phi) is 13.6. The number of hydrogen-bond donors (Lipinski definition) is 4. The molecule has 9 heteroatoms. The molecule has 1 rings (SSSR count). The first-order chi connectivity index (χ1) is 10.5. The van der Waals surface area contributed by atoms with Gasteiger partial charge in [0.2, 0.25) is 11.3 Å². The Balaban J connectivity index is 0. The number of nitrogens with one attached hydrogen (secondary N) is 1. The Morgan fingerprint density at radius 3 is 2.67 bits per heavy atom. The van der Waals surface area contributed by atoms with Crippen molar-refractivity contribution >= 4 is 30.7 Å². The molecule has 140 valence electrons. The highest BCUT2D eigenvalue weighted by molar-refractivity contribution is 5.85. The summed E-state index contributed by atoms with van der Waals surface area (Å²) in [5.41, 5.74) is 11.2. The fourth-order valence-corrected chi connectivity index (χ4v) is 2.09. The van der Waals surface area contributed by atoms with Gasteiger partial charge in [-0.15, -0.1) is 24.8 Å². The van der Waals surface area contributed by atoms with Gasteiger partial charge in [-0.2, -0.15) is 0 Å². The zero-order valence-electron chi connectivity index (χ0n) is 13.9. The molecule has 0 fully saturated rings. The van der Waals surface area contributed by atoms with Crippen LogP contribution < -0.4 is 22.2 Å². The van der Waals surface area contributed by atoms with Crippen LogP contribution in [-0.2, 0) is 11.3 Å². The summed E-state index contributed by atoms with van der Waals surface area (Å²) >= 11 is 0. The van der Waals surface area contributed by atoms with Gasteiger partial charge in [0.1, 0.15) is 0 Å². The van der Waals surface area contributed by atoms with Crippen molar-refractivity contribution in [3.63, 3.8) is 0 Å². The van der Waals surface area contributed by atoms with Gasteiger partial charge in [-0.1, -0.05) is 6.42 Å². The molecule has 1 unspecified atom stereocenters. The lowest BCUT2D eigenvalue weighted by Crippen LogP contribution is -2.30. The highest BCUT2D eigenvalue weighted by atomic mass is 35.5. The van der Waals surface area contributed by atoms with Gasteiger partial charge in [0.05, 0.1) is 5.69 Å². The fourth-order valence-electron chi connectivity index (χ4n) is 2.09. The second-order valence-electron chi connectivity index (χ2n) is 5.40. The molecule has 0 saturated carbocycles. The molecular formula is C15H28Cl2N4O3. The predicted molar refractivity (Wildman–Crippen MR) is 100 cm³/mol. The Morgan fingerprint density at radius 2 is 2.04 bits per heavy atom. The van der Waals surface area contributed by atoms with Crippen molar-refractivity contribution in [1.82, 2.24) is 9.88 Å². The second kappa shape index (κ2) is 13.1. The number of carbonyl (C=O) groups excluding carboxylic acids is 1. The van der Waals surface area contributed by atoms with Crippen LogP contribution >= 0.6 is 24.8 Å². The number of nitrogens with zero attached hydrogens (tertiary/aromatic N) is 1. The van der Waals surface area contributed by atoms with Gasteiger partial charge in [0.25, 0.3) is 0 Å². The van der Waals surface area contributed by atoms with Gasteiger partial charge < -0.3 is 26.5 Å². The Morgan fingerprint density at radius 1 is 1.38 bits per heavy atom. The molecule has 0 bridgehead atoms. The predicted octanol–water partition coefficient (Wildman–Crippen LogP) is 0.669. The van der Waals surface area contributed by atoms with E-state index in [0.29, 0.717) is 31.7 Å². The van der Waals surface area contributed by atoms with E-state index in [9.17, 15) is 14.7 Å². The SMILES string of the molecule is Cc1c(O)c(=O)ccn1CCC(=O)NCCCCC(N)CN.Cl.Cl. The number of carbonyl (C=O) groups is 1. The molecule has 0 aromatic carbocycles.